The first-order valence-electron chi connectivity index (χ1n) is 8.72. The van der Waals surface area contributed by atoms with E-state index < -0.39 is 45.8 Å². The van der Waals surface area contributed by atoms with Gasteiger partial charge in [-0.05, 0) is 29.7 Å². The number of carbonyl (C=O) groups is 1. The van der Waals surface area contributed by atoms with Gasteiger partial charge in [0.1, 0.15) is 16.7 Å². The first kappa shape index (κ1) is 20.4. The number of H-pyrrole nitrogens is 1. The Morgan fingerprint density at radius 3 is 2.30 bits per heavy atom. The summed E-state index contributed by atoms with van der Waals surface area (Å²) in [5, 5.41) is -0.709. The van der Waals surface area contributed by atoms with Gasteiger partial charge in [-0.25, -0.2) is 17.6 Å². The molecule has 0 radical (unpaired) electrons. The lowest BCUT2D eigenvalue weighted by Crippen LogP contribution is -2.37. The summed E-state index contributed by atoms with van der Waals surface area (Å²) in [4.78, 5) is 28.9. The zero-order valence-corrected chi connectivity index (χ0v) is 16.1. The lowest BCUT2D eigenvalue weighted by molar-refractivity contribution is 0.0335. The predicted molar refractivity (Wildman–Crippen MR) is 100 cm³/mol. The molecule has 1 atom stereocenters. The number of amides is 1. The van der Waals surface area contributed by atoms with Gasteiger partial charge < -0.3 is 14.6 Å². The van der Waals surface area contributed by atoms with Crippen molar-refractivity contribution in [2.45, 2.75) is 12.6 Å². The van der Waals surface area contributed by atoms with E-state index in [9.17, 15) is 27.2 Å². The van der Waals surface area contributed by atoms with Gasteiger partial charge in [-0.15, -0.1) is 0 Å². The fourth-order valence-electron chi connectivity index (χ4n) is 3.57. The number of benzene rings is 2. The van der Waals surface area contributed by atoms with E-state index in [-0.39, 0.29) is 29.5 Å². The van der Waals surface area contributed by atoms with E-state index in [1.54, 1.807) is 0 Å². The monoisotopic (exact) mass is 440 g/mol. The molecular formula is C20H13ClF4N2O3. The van der Waals surface area contributed by atoms with Crippen LogP contribution in [0.25, 0.3) is 10.8 Å². The second-order valence-corrected chi connectivity index (χ2v) is 7.24. The molecule has 1 aromatic heterocycles. The summed E-state index contributed by atoms with van der Waals surface area (Å²) >= 11 is 5.46. The highest BCUT2D eigenvalue weighted by atomic mass is 35.5. The molecule has 3 aromatic rings. The number of rotatable bonds is 2. The maximum atomic E-state index is 13.9. The van der Waals surface area contributed by atoms with Crippen molar-refractivity contribution >= 4 is 28.3 Å². The average Bonchev–Trinajstić information content (AvgIpc) is 2.71. The number of aromatic amines is 1. The Labute approximate surface area is 171 Å². The Bertz CT molecular complexity index is 1240. The van der Waals surface area contributed by atoms with Crippen molar-refractivity contribution < 1.29 is 27.1 Å². The highest BCUT2D eigenvalue weighted by Gasteiger charge is 2.32. The lowest BCUT2D eigenvalue weighted by Gasteiger charge is -2.34. The Kier molecular flexibility index (Phi) is 5.03. The zero-order chi connectivity index (χ0) is 21.7. The molecule has 10 heteroatoms. The van der Waals surface area contributed by atoms with E-state index in [1.807, 2.05) is 0 Å². The van der Waals surface area contributed by atoms with E-state index in [2.05, 4.69) is 4.98 Å². The molecule has 0 fully saturated rings. The van der Waals surface area contributed by atoms with Gasteiger partial charge in [-0.1, -0.05) is 11.6 Å². The summed E-state index contributed by atoms with van der Waals surface area (Å²) in [6.45, 7) is -0.0455. The van der Waals surface area contributed by atoms with Crippen LogP contribution in [0.1, 0.15) is 27.7 Å². The number of nitrogens with one attached hydrogen (secondary N) is 1. The molecule has 1 N–H and O–H groups in total. The minimum atomic E-state index is -1.19. The van der Waals surface area contributed by atoms with Crippen LogP contribution in [0.2, 0.25) is 5.02 Å². The van der Waals surface area contributed by atoms with E-state index in [0.29, 0.717) is 11.3 Å². The lowest BCUT2D eigenvalue weighted by atomic mass is 9.95. The third-order valence-corrected chi connectivity index (χ3v) is 5.42. The Hall–Kier alpha value is -2.91. The molecule has 2 aromatic carbocycles. The highest BCUT2D eigenvalue weighted by Crippen LogP contribution is 2.34. The molecule has 30 heavy (non-hydrogen) atoms. The smallest absolute Gasteiger partial charge is 0.256 e. The number of aromatic nitrogens is 1. The van der Waals surface area contributed by atoms with Gasteiger partial charge in [-0.2, -0.15) is 0 Å². The number of ether oxygens (including phenoxy) is 1. The van der Waals surface area contributed by atoms with Crippen molar-refractivity contribution in [3.8, 4) is 0 Å². The summed E-state index contributed by atoms with van der Waals surface area (Å²) in [7, 11) is 1.37. The number of hydrogen-bond donors (Lipinski definition) is 1. The van der Waals surface area contributed by atoms with Gasteiger partial charge in [0.15, 0.2) is 11.6 Å². The summed E-state index contributed by atoms with van der Waals surface area (Å²) < 4.78 is 60.6. The van der Waals surface area contributed by atoms with Crippen molar-refractivity contribution in [1.82, 2.24) is 9.88 Å². The maximum absolute atomic E-state index is 13.9. The van der Waals surface area contributed by atoms with Crippen molar-refractivity contribution in [2.24, 2.45) is 0 Å². The SMILES string of the molecule is CN(C(=O)c1cc(F)c(Cl)c(F)c1)[C@@H]1COCc2[nH]c(=O)c3cc(F)c(F)cc3c21. The van der Waals surface area contributed by atoms with Crippen LogP contribution in [0.3, 0.4) is 0 Å². The van der Waals surface area contributed by atoms with Gasteiger partial charge in [0.2, 0.25) is 0 Å². The van der Waals surface area contributed by atoms with Crippen LogP contribution < -0.4 is 5.56 Å². The highest BCUT2D eigenvalue weighted by molar-refractivity contribution is 6.31. The molecule has 0 saturated carbocycles. The normalized spacial score (nSPS) is 15.9. The van der Waals surface area contributed by atoms with E-state index in [4.69, 9.17) is 16.3 Å². The van der Waals surface area contributed by atoms with Gasteiger partial charge in [0.05, 0.1) is 24.6 Å². The van der Waals surface area contributed by atoms with Crippen LogP contribution >= 0.6 is 11.6 Å². The molecule has 0 spiro atoms. The van der Waals surface area contributed by atoms with Crippen LogP contribution in [-0.2, 0) is 11.3 Å². The maximum Gasteiger partial charge on any atom is 0.256 e. The standard InChI is InChI=1S/C20H13ClF4N2O3/c1-27(20(29)8-2-13(24)18(21)14(25)3-8)16-7-30-6-15-17(16)9-4-11(22)12(23)5-10(9)19(28)26-15/h2-5,16H,6-7H2,1H3,(H,26,28)/t16-/m1/s1. The van der Waals surface area contributed by atoms with Gasteiger partial charge in [0.25, 0.3) is 11.5 Å². The first-order chi connectivity index (χ1) is 14.2. The minimum absolute atomic E-state index is 0.0117. The molecule has 5 nitrogen and oxygen atoms in total. The quantitative estimate of drug-likeness (QED) is 0.482. The first-order valence-corrected chi connectivity index (χ1v) is 9.10. The zero-order valence-electron chi connectivity index (χ0n) is 15.4. The Balaban J connectivity index is 1.84. The fourth-order valence-corrected chi connectivity index (χ4v) is 3.68. The molecule has 0 bridgehead atoms. The second-order valence-electron chi connectivity index (χ2n) is 6.86. The van der Waals surface area contributed by atoms with Crippen LogP contribution in [-0.4, -0.2) is 29.4 Å². The number of likely N-dealkylation sites (N-methyl/N-ethyl adjacent to an activating group) is 1. The van der Waals surface area contributed by atoms with Crippen LogP contribution in [0.15, 0.2) is 29.1 Å². The minimum Gasteiger partial charge on any atom is -0.373 e. The van der Waals surface area contributed by atoms with Crippen LogP contribution in [0, 0.1) is 23.3 Å². The molecule has 0 aliphatic carbocycles. The third kappa shape index (κ3) is 3.23. The van der Waals surface area contributed by atoms with Crippen molar-refractivity contribution in [1.29, 1.82) is 0 Å². The number of carbonyl (C=O) groups excluding carboxylic acids is 1. The molecule has 1 aliphatic rings. The number of hydrogen-bond acceptors (Lipinski definition) is 3. The number of fused-ring (bicyclic) bond motifs is 3. The fraction of sp³-hybridized carbons (Fsp3) is 0.200. The average molecular weight is 441 g/mol. The number of nitrogens with zero attached hydrogens (tertiary/aromatic N) is 1. The molecule has 2 heterocycles. The summed E-state index contributed by atoms with van der Waals surface area (Å²) in [5.41, 5.74) is -0.277. The summed E-state index contributed by atoms with van der Waals surface area (Å²) in [5.74, 6) is -5.29. The molecule has 1 amide bonds. The molecule has 1 aliphatic heterocycles. The van der Waals surface area contributed by atoms with E-state index in [1.165, 1.54) is 7.05 Å². The van der Waals surface area contributed by atoms with Crippen LogP contribution in [0.4, 0.5) is 17.6 Å². The van der Waals surface area contributed by atoms with Crippen LogP contribution in [0.5, 0.6) is 0 Å². The molecule has 0 unspecified atom stereocenters. The third-order valence-electron chi connectivity index (χ3n) is 5.06. The topological polar surface area (TPSA) is 62.4 Å². The van der Waals surface area contributed by atoms with E-state index >= 15 is 0 Å². The molecule has 4 rings (SSSR count). The Morgan fingerprint density at radius 1 is 1.07 bits per heavy atom. The largest absolute Gasteiger partial charge is 0.373 e. The summed E-state index contributed by atoms with van der Waals surface area (Å²) in [6.07, 6.45) is 0. The molecule has 0 saturated heterocycles. The second kappa shape index (κ2) is 7.41. The van der Waals surface area contributed by atoms with E-state index in [0.717, 1.165) is 29.2 Å². The number of pyridine rings is 1. The molecule has 156 valence electrons. The van der Waals surface area contributed by atoms with Crippen molar-refractivity contribution in [3.63, 3.8) is 0 Å². The van der Waals surface area contributed by atoms with Crippen molar-refractivity contribution in [2.75, 3.05) is 13.7 Å². The Morgan fingerprint density at radius 2 is 1.67 bits per heavy atom. The molecular weight excluding hydrogens is 428 g/mol. The predicted octanol–water partition coefficient (Wildman–Crippen LogP) is 4.08. The van der Waals surface area contributed by atoms with Crippen molar-refractivity contribution in [3.05, 3.63) is 79.7 Å². The van der Waals surface area contributed by atoms with Gasteiger partial charge >= 0.3 is 0 Å². The number of halogens is 5. The van der Waals surface area contributed by atoms with Gasteiger partial charge in [0, 0.05) is 23.9 Å². The summed E-state index contributed by atoms with van der Waals surface area (Å²) in [6, 6.07) is 2.43. The van der Waals surface area contributed by atoms with Gasteiger partial charge in [-0.3, -0.25) is 9.59 Å².